The van der Waals surface area contributed by atoms with Crippen molar-refractivity contribution in [1.29, 1.82) is 0 Å². The predicted octanol–water partition coefficient (Wildman–Crippen LogP) is 1.96. The summed E-state index contributed by atoms with van der Waals surface area (Å²) in [4.78, 5) is 0.0905. The molecule has 1 aromatic carbocycles. The third-order valence-corrected chi connectivity index (χ3v) is 4.22. The summed E-state index contributed by atoms with van der Waals surface area (Å²) in [5.74, 6) is 0. The second-order valence-electron chi connectivity index (χ2n) is 3.91. The Morgan fingerprint density at radius 3 is 2.65 bits per heavy atom. The number of halogens is 1. The molecule has 6 heteroatoms. The first kappa shape index (κ1) is 14.4. The SMILES string of the molecule is COCC(C)NS(=O)(=O)c1ccc(C)cc1Cl. The number of rotatable bonds is 5. The van der Waals surface area contributed by atoms with Crippen molar-refractivity contribution < 1.29 is 13.2 Å². The van der Waals surface area contributed by atoms with E-state index in [-0.39, 0.29) is 16.0 Å². The fourth-order valence-electron chi connectivity index (χ4n) is 1.44. The van der Waals surface area contributed by atoms with Gasteiger partial charge in [0, 0.05) is 13.2 Å². The fourth-order valence-corrected chi connectivity index (χ4v) is 3.26. The summed E-state index contributed by atoms with van der Waals surface area (Å²) in [6.45, 7) is 3.88. The van der Waals surface area contributed by atoms with Crippen molar-refractivity contribution in [2.45, 2.75) is 24.8 Å². The lowest BCUT2D eigenvalue weighted by atomic mass is 10.2. The quantitative estimate of drug-likeness (QED) is 0.895. The van der Waals surface area contributed by atoms with Crippen LogP contribution < -0.4 is 4.72 Å². The van der Waals surface area contributed by atoms with Crippen LogP contribution in [-0.2, 0) is 14.8 Å². The average Bonchev–Trinajstić information content (AvgIpc) is 2.15. The summed E-state index contributed by atoms with van der Waals surface area (Å²) in [5, 5.41) is 0.224. The first-order valence-corrected chi connectivity index (χ1v) is 7.00. The number of nitrogens with one attached hydrogen (secondary N) is 1. The van der Waals surface area contributed by atoms with E-state index in [0.29, 0.717) is 6.61 Å². The van der Waals surface area contributed by atoms with E-state index in [2.05, 4.69) is 4.72 Å². The molecule has 1 rings (SSSR count). The summed E-state index contributed by atoms with van der Waals surface area (Å²) < 4.78 is 31.4. The first-order valence-electron chi connectivity index (χ1n) is 5.14. The molecule has 1 unspecified atom stereocenters. The fraction of sp³-hybridized carbons (Fsp3) is 0.455. The summed E-state index contributed by atoms with van der Waals surface area (Å²) in [6.07, 6.45) is 0. The molecule has 17 heavy (non-hydrogen) atoms. The molecular formula is C11H16ClNO3S. The molecule has 0 saturated carbocycles. The minimum atomic E-state index is -3.59. The molecule has 0 aliphatic rings. The number of hydrogen-bond acceptors (Lipinski definition) is 3. The molecule has 1 aromatic rings. The highest BCUT2D eigenvalue weighted by atomic mass is 35.5. The molecule has 0 aliphatic heterocycles. The zero-order chi connectivity index (χ0) is 13.1. The lowest BCUT2D eigenvalue weighted by Gasteiger charge is -2.14. The van der Waals surface area contributed by atoms with E-state index in [1.165, 1.54) is 13.2 Å². The Kier molecular flexibility index (Phi) is 4.94. The molecule has 96 valence electrons. The maximum atomic E-state index is 12.0. The third-order valence-electron chi connectivity index (χ3n) is 2.15. The van der Waals surface area contributed by atoms with Crippen molar-refractivity contribution >= 4 is 21.6 Å². The average molecular weight is 278 g/mol. The second-order valence-corrected chi connectivity index (χ2v) is 6.00. The highest BCUT2D eigenvalue weighted by molar-refractivity contribution is 7.89. The van der Waals surface area contributed by atoms with Gasteiger partial charge in [-0.1, -0.05) is 17.7 Å². The molecule has 0 fully saturated rings. The zero-order valence-electron chi connectivity index (χ0n) is 10.0. The molecule has 1 atom stereocenters. The highest BCUT2D eigenvalue weighted by Crippen LogP contribution is 2.22. The van der Waals surface area contributed by atoms with Crippen LogP contribution in [0.3, 0.4) is 0 Å². The van der Waals surface area contributed by atoms with Gasteiger partial charge in [-0.2, -0.15) is 0 Å². The minimum Gasteiger partial charge on any atom is -0.383 e. The van der Waals surface area contributed by atoms with Gasteiger partial charge in [-0.15, -0.1) is 0 Å². The number of benzene rings is 1. The maximum Gasteiger partial charge on any atom is 0.242 e. The Bertz CT molecular complexity index is 487. The van der Waals surface area contributed by atoms with Gasteiger partial charge in [-0.3, -0.25) is 0 Å². The van der Waals surface area contributed by atoms with Gasteiger partial charge in [0.1, 0.15) is 4.90 Å². The van der Waals surface area contributed by atoms with Gasteiger partial charge in [-0.05, 0) is 31.5 Å². The Balaban J connectivity index is 2.97. The predicted molar refractivity (Wildman–Crippen MR) is 67.8 cm³/mol. The highest BCUT2D eigenvalue weighted by Gasteiger charge is 2.20. The summed E-state index contributed by atoms with van der Waals surface area (Å²) in [7, 11) is -2.07. The number of methoxy groups -OCH3 is 1. The van der Waals surface area contributed by atoms with E-state index < -0.39 is 10.0 Å². The smallest absolute Gasteiger partial charge is 0.242 e. The molecule has 0 spiro atoms. The molecule has 0 amide bonds. The Morgan fingerprint density at radius 2 is 2.12 bits per heavy atom. The third kappa shape index (κ3) is 3.96. The number of aryl methyl sites for hydroxylation is 1. The van der Waals surface area contributed by atoms with Crippen LogP contribution in [0.4, 0.5) is 0 Å². The molecule has 1 N–H and O–H groups in total. The van der Waals surface area contributed by atoms with Gasteiger partial charge in [0.25, 0.3) is 0 Å². The summed E-state index contributed by atoms with van der Waals surface area (Å²) in [5.41, 5.74) is 0.916. The van der Waals surface area contributed by atoms with Crippen molar-refractivity contribution in [3.63, 3.8) is 0 Å². The molecule has 0 radical (unpaired) electrons. The van der Waals surface area contributed by atoms with Gasteiger partial charge in [0.05, 0.1) is 11.6 Å². The molecule has 0 heterocycles. The molecule has 0 aromatic heterocycles. The molecule has 0 saturated heterocycles. The van der Waals surface area contributed by atoms with Crippen LogP contribution in [0.1, 0.15) is 12.5 Å². The van der Waals surface area contributed by atoms with Crippen LogP contribution >= 0.6 is 11.6 Å². The maximum absolute atomic E-state index is 12.0. The van der Waals surface area contributed by atoms with Crippen molar-refractivity contribution in [1.82, 2.24) is 4.72 Å². The van der Waals surface area contributed by atoms with Crippen LogP contribution in [0, 0.1) is 6.92 Å². The van der Waals surface area contributed by atoms with Crippen molar-refractivity contribution in [3.8, 4) is 0 Å². The molecular weight excluding hydrogens is 262 g/mol. The normalized spacial score (nSPS) is 13.6. The number of sulfonamides is 1. The Labute approximate surface area is 107 Å². The van der Waals surface area contributed by atoms with Crippen molar-refractivity contribution in [2.24, 2.45) is 0 Å². The van der Waals surface area contributed by atoms with Crippen LogP contribution in [0.2, 0.25) is 5.02 Å². The number of ether oxygens (including phenoxy) is 1. The molecule has 4 nitrogen and oxygen atoms in total. The Hall–Kier alpha value is -0.620. The van der Waals surface area contributed by atoms with Crippen molar-refractivity contribution in [2.75, 3.05) is 13.7 Å². The van der Waals surface area contributed by atoms with Crippen molar-refractivity contribution in [3.05, 3.63) is 28.8 Å². The van der Waals surface area contributed by atoms with Crippen LogP contribution in [0.5, 0.6) is 0 Å². The van der Waals surface area contributed by atoms with Gasteiger partial charge < -0.3 is 4.74 Å². The molecule has 0 aliphatic carbocycles. The first-order chi connectivity index (χ1) is 7.86. The number of hydrogen-bond donors (Lipinski definition) is 1. The Morgan fingerprint density at radius 1 is 1.47 bits per heavy atom. The lowest BCUT2D eigenvalue weighted by molar-refractivity contribution is 0.180. The molecule has 0 bridgehead atoms. The summed E-state index contributed by atoms with van der Waals surface area (Å²) >= 11 is 5.92. The van der Waals surface area contributed by atoms with E-state index in [9.17, 15) is 8.42 Å². The summed E-state index contributed by atoms with van der Waals surface area (Å²) in [6, 6.07) is 4.53. The zero-order valence-corrected chi connectivity index (χ0v) is 11.6. The largest absolute Gasteiger partial charge is 0.383 e. The van der Waals surface area contributed by atoms with Gasteiger partial charge in [0.15, 0.2) is 0 Å². The lowest BCUT2D eigenvalue weighted by Crippen LogP contribution is -2.35. The standard InChI is InChI=1S/C11H16ClNO3S/c1-8-4-5-11(10(12)6-8)17(14,15)13-9(2)7-16-3/h4-6,9,13H,7H2,1-3H3. The second kappa shape index (κ2) is 5.82. The van der Waals surface area contributed by atoms with Gasteiger partial charge in [-0.25, -0.2) is 13.1 Å². The minimum absolute atomic E-state index is 0.0905. The monoisotopic (exact) mass is 277 g/mol. The van der Waals surface area contributed by atoms with E-state index >= 15 is 0 Å². The van der Waals surface area contributed by atoms with E-state index in [4.69, 9.17) is 16.3 Å². The van der Waals surface area contributed by atoms with Crippen LogP contribution in [0.25, 0.3) is 0 Å². The van der Waals surface area contributed by atoms with E-state index in [1.807, 2.05) is 6.92 Å². The van der Waals surface area contributed by atoms with Gasteiger partial charge >= 0.3 is 0 Å². The van der Waals surface area contributed by atoms with Gasteiger partial charge in [0.2, 0.25) is 10.0 Å². The van der Waals surface area contributed by atoms with Crippen LogP contribution in [-0.4, -0.2) is 28.2 Å². The van der Waals surface area contributed by atoms with Crippen LogP contribution in [0.15, 0.2) is 23.1 Å². The van der Waals surface area contributed by atoms with E-state index in [1.54, 1.807) is 19.1 Å². The van der Waals surface area contributed by atoms with E-state index in [0.717, 1.165) is 5.56 Å². The topological polar surface area (TPSA) is 55.4 Å².